The number of rotatable bonds is 6. The lowest BCUT2D eigenvalue weighted by Gasteiger charge is -2.24. The summed E-state index contributed by atoms with van der Waals surface area (Å²) in [6.07, 6.45) is 2.48. The Bertz CT molecular complexity index is 1190. The second-order valence-electron chi connectivity index (χ2n) is 8.31. The van der Waals surface area contributed by atoms with Gasteiger partial charge in [0.15, 0.2) is 0 Å². The number of hydrogen-bond donors (Lipinski definition) is 1. The number of ether oxygens (including phenoxy) is 3. The Labute approximate surface area is 191 Å². The van der Waals surface area contributed by atoms with Crippen LogP contribution in [0, 0.1) is 5.82 Å². The highest BCUT2D eigenvalue weighted by Gasteiger charge is 2.26. The van der Waals surface area contributed by atoms with Crippen LogP contribution in [0.2, 0.25) is 0 Å². The summed E-state index contributed by atoms with van der Waals surface area (Å²) in [6.45, 7) is 4.02. The monoisotopic (exact) mass is 451 g/mol. The Morgan fingerprint density at radius 3 is 2.58 bits per heavy atom. The fraction of sp³-hybridized carbons (Fsp3) is 0.308. The van der Waals surface area contributed by atoms with E-state index in [1.165, 1.54) is 12.1 Å². The summed E-state index contributed by atoms with van der Waals surface area (Å²) in [5.74, 6) is 0.885. The number of aliphatic hydroxyl groups is 1. The molecule has 1 fully saturated rings. The lowest BCUT2D eigenvalue weighted by Crippen LogP contribution is -2.31. The van der Waals surface area contributed by atoms with Crippen molar-refractivity contribution in [2.24, 2.45) is 0 Å². The number of esters is 1. The zero-order chi connectivity index (χ0) is 23.5. The molecular weight excluding hydrogens is 425 g/mol. The minimum atomic E-state index is -0.746. The van der Waals surface area contributed by atoms with Crippen LogP contribution in [0.25, 0.3) is 17.0 Å². The third-order valence-corrected chi connectivity index (χ3v) is 5.46. The van der Waals surface area contributed by atoms with E-state index in [1.54, 1.807) is 49.6 Å². The van der Waals surface area contributed by atoms with Crippen LogP contribution >= 0.6 is 0 Å². The normalized spacial score (nSPS) is 18.7. The predicted molar refractivity (Wildman–Crippen MR) is 123 cm³/mol. The number of hydrogen-bond acceptors (Lipinski definition) is 6. The number of cyclic esters (lactones) is 1. The molecule has 0 saturated carbocycles. The van der Waals surface area contributed by atoms with Crippen molar-refractivity contribution in [2.45, 2.75) is 44.8 Å². The van der Waals surface area contributed by atoms with Gasteiger partial charge in [0.05, 0.1) is 30.8 Å². The number of benzene rings is 2. The van der Waals surface area contributed by atoms with E-state index < -0.39 is 24.0 Å². The smallest absolute Gasteiger partial charge is 0.309 e. The standard InChI is InChI=1S/C26H26FNO5/c1-15(2)25-21(10-9-20-13-17(29)14-24(30)32-20)26(22-12-16(27)4-11-23(22)28-25)33-19-7-5-18(31-3)6-8-19/h4-12,15,17,20,29H,13-14H2,1-3H3/b10-9+/t17-,20-/m1/s1. The number of aromatic nitrogens is 1. The summed E-state index contributed by atoms with van der Waals surface area (Å²) in [7, 11) is 1.59. The number of aliphatic hydroxyl groups excluding tert-OH is 1. The molecule has 0 amide bonds. The van der Waals surface area contributed by atoms with Crippen molar-refractivity contribution < 1.29 is 28.5 Å². The summed E-state index contributed by atoms with van der Waals surface area (Å²) < 4.78 is 31.0. The zero-order valence-corrected chi connectivity index (χ0v) is 18.7. The summed E-state index contributed by atoms with van der Waals surface area (Å²) in [4.78, 5) is 16.5. The van der Waals surface area contributed by atoms with Crippen molar-refractivity contribution in [3.05, 3.63) is 65.6 Å². The molecule has 0 bridgehead atoms. The largest absolute Gasteiger partial charge is 0.497 e. The Morgan fingerprint density at radius 2 is 1.91 bits per heavy atom. The topological polar surface area (TPSA) is 77.9 Å². The lowest BCUT2D eigenvalue weighted by molar-refractivity contribution is -0.156. The van der Waals surface area contributed by atoms with Gasteiger partial charge in [-0.25, -0.2) is 4.39 Å². The van der Waals surface area contributed by atoms with E-state index in [-0.39, 0.29) is 12.3 Å². The maximum absolute atomic E-state index is 14.2. The summed E-state index contributed by atoms with van der Waals surface area (Å²) in [5, 5.41) is 10.5. The van der Waals surface area contributed by atoms with E-state index >= 15 is 0 Å². The van der Waals surface area contributed by atoms with Gasteiger partial charge >= 0.3 is 5.97 Å². The van der Waals surface area contributed by atoms with Gasteiger partial charge in [0.25, 0.3) is 0 Å². The molecule has 6 nitrogen and oxygen atoms in total. The van der Waals surface area contributed by atoms with Gasteiger partial charge in [-0.3, -0.25) is 9.78 Å². The van der Waals surface area contributed by atoms with Crippen molar-refractivity contribution in [3.8, 4) is 17.2 Å². The Hall–Kier alpha value is -3.45. The highest BCUT2D eigenvalue weighted by Crippen LogP contribution is 2.38. The second-order valence-corrected chi connectivity index (χ2v) is 8.31. The fourth-order valence-corrected chi connectivity index (χ4v) is 3.84. The molecule has 0 aliphatic carbocycles. The molecule has 1 aromatic heterocycles. The Kier molecular flexibility index (Phi) is 6.60. The number of methoxy groups -OCH3 is 1. The average molecular weight is 451 g/mol. The maximum Gasteiger partial charge on any atom is 0.309 e. The van der Waals surface area contributed by atoms with Crippen LogP contribution in [0.1, 0.15) is 43.9 Å². The molecule has 172 valence electrons. The minimum Gasteiger partial charge on any atom is -0.497 e. The lowest BCUT2D eigenvalue weighted by atomic mass is 9.98. The van der Waals surface area contributed by atoms with Crippen LogP contribution in [0.5, 0.6) is 17.2 Å². The van der Waals surface area contributed by atoms with Crippen LogP contribution in [-0.4, -0.2) is 35.4 Å². The molecule has 0 radical (unpaired) electrons. The van der Waals surface area contributed by atoms with Crippen LogP contribution < -0.4 is 9.47 Å². The molecule has 1 aliphatic rings. The van der Waals surface area contributed by atoms with Crippen LogP contribution in [0.15, 0.2) is 48.5 Å². The van der Waals surface area contributed by atoms with Gasteiger partial charge in [-0.15, -0.1) is 0 Å². The first-order valence-corrected chi connectivity index (χ1v) is 10.8. The third kappa shape index (κ3) is 5.14. The molecule has 2 atom stereocenters. The van der Waals surface area contributed by atoms with Gasteiger partial charge < -0.3 is 19.3 Å². The molecular formula is C26H26FNO5. The SMILES string of the molecule is COc1ccc(Oc2c(/C=C/[C@@H]3C[C@@H](O)CC(=O)O3)c(C(C)C)nc3ccc(F)cc23)cc1. The van der Waals surface area contributed by atoms with Crippen molar-refractivity contribution in [1.82, 2.24) is 4.98 Å². The molecule has 7 heteroatoms. The maximum atomic E-state index is 14.2. The molecule has 1 N–H and O–H groups in total. The number of nitrogens with zero attached hydrogens (tertiary/aromatic N) is 1. The van der Waals surface area contributed by atoms with E-state index in [1.807, 2.05) is 13.8 Å². The molecule has 1 aliphatic heterocycles. The van der Waals surface area contributed by atoms with Gasteiger partial charge in [-0.1, -0.05) is 13.8 Å². The number of carbonyl (C=O) groups excluding carboxylic acids is 1. The average Bonchev–Trinajstić information content (AvgIpc) is 2.78. The van der Waals surface area contributed by atoms with E-state index in [9.17, 15) is 14.3 Å². The first-order chi connectivity index (χ1) is 15.8. The fourth-order valence-electron chi connectivity index (χ4n) is 3.84. The number of carbonyl (C=O) groups is 1. The van der Waals surface area contributed by atoms with Crippen LogP contribution in [0.3, 0.4) is 0 Å². The first-order valence-electron chi connectivity index (χ1n) is 10.8. The molecule has 1 saturated heterocycles. The van der Waals surface area contributed by atoms with Gasteiger partial charge in [0, 0.05) is 17.4 Å². The quantitative estimate of drug-likeness (QED) is 0.507. The minimum absolute atomic E-state index is 0.00970. The Morgan fingerprint density at radius 1 is 1.18 bits per heavy atom. The van der Waals surface area contributed by atoms with Crippen LogP contribution in [-0.2, 0) is 9.53 Å². The van der Waals surface area contributed by atoms with Gasteiger partial charge in [0.1, 0.15) is 29.2 Å². The van der Waals surface area contributed by atoms with Crippen molar-refractivity contribution >= 4 is 22.9 Å². The third-order valence-electron chi connectivity index (χ3n) is 5.46. The summed E-state index contributed by atoms with van der Waals surface area (Å²) in [6, 6.07) is 11.5. The second kappa shape index (κ2) is 9.58. The predicted octanol–water partition coefficient (Wildman–Crippen LogP) is 5.38. The number of fused-ring (bicyclic) bond motifs is 1. The molecule has 4 rings (SSSR count). The molecule has 0 spiro atoms. The highest BCUT2D eigenvalue weighted by molar-refractivity contribution is 5.90. The molecule has 2 heterocycles. The summed E-state index contributed by atoms with van der Waals surface area (Å²) in [5.41, 5.74) is 2.03. The van der Waals surface area contributed by atoms with Crippen LogP contribution in [0.4, 0.5) is 4.39 Å². The highest BCUT2D eigenvalue weighted by atomic mass is 19.1. The number of halogens is 1. The van der Waals surface area contributed by atoms with Gasteiger partial charge in [-0.05, 0) is 60.5 Å². The van der Waals surface area contributed by atoms with E-state index in [4.69, 9.17) is 19.2 Å². The van der Waals surface area contributed by atoms with E-state index in [0.29, 0.717) is 40.1 Å². The van der Waals surface area contributed by atoms with Gasteiger partial charge in [0.2, 0.25) is 0 Å². The van der Waals surface area contributed by atoms with E-state index in [2.05, 4.69) is 0 Å². The molecule has 3 aromatic rings. The number of pyridine rings is 1. The van der Waals surface area contributed by atoms with Crippen molar-refractivity contribution in [1.29, 1.82) is 0 Å². The van der Waals surface area contributed by atoms with Crippen molar-refractivity contribution in [2.75, 3.05) is 7.11 Å². The van der Waals surface area contributed by atoms with E-state index in [0.717, 1.165) is 5.69 Å². The van der Waals surface area contributed by atoms with Gasteiger partial charge in [-0.2, -0.15) is 0 Å². The molecule has 33 heavy (non-hydrogen) atoms. The summed E-state index contributed by atoms with van der Waals surface area (Å²) >= 11 is 0. The van der Waals surface area contributed by atoms with Crippen molar-refractivity contribution in [3.63, 3.8) is 0 Å². The zero-order valence-electron chi connectivity index (χ0n) is 18.7. The molecule has 0 unspecified atom stereocenters. The first kappa shape index (κ1) is 22.7. The Balaban J connectivity index is 1.84. The molecule has 2 aromatic carbocycles.